The third-order valence-corrected chi connectivity index (χ3v) is 4.50. The summed E-state index contributed by atoms with van der Waals surface area (Å²) < 4.78 is 0. The molecule has 0 heterocycles. The molecule has 31 heavy (non-hydrogen) atoms. The molecule has 0 fully saturated rings. The van der Waals surface area contributed by atoms with Crippen LogP contribution in [0.4, 0.5) is 11.4 Å². The summed E-state index contributed by atoms with van der Waals surface area (Å²) >= 11 is 0. The fourth-order valence-corrected chi connectivity index (χ4v) is 2.99. The topological polar surface area (TPSA) is 127 Å². The minimum atomic E-state index is -1.09. The number of rotatable bonds is 6. The van der Waals surface area contributed by atoms with E-state index in [2.05, 4.69) is 5.32 Å². The van der Waals surface area contributed by atoms with E-state index in [1.54, 1.807) is 24.3 Å². The molecular weight excluding hydrogens is 400 g/mol. The van der Waals surface area contributed by atoms with Crippen molar-refractivity contribution in [1.29, 1.82) is 0 Å². The molecule has 0 unspecified atom stereocenters. The zero-order valence-electron chi connectivity index (χ0n) is 16.6. The van der Waals surface area contributed by atoms with Crippen LogP contribution in [0.25, 0.3) is 0 Å². The van der Waals surface area contributed by atoms with Crippen molar-refractivity contribution in [2.75, 3.05) is 10.2 Å². The van der Waals surface area contributed by atoms with Crippen molar-refractivity contribution in [2.24, 2.45) is 0 Å². The second-order valence-electron chi connectivity index (χ2n) is 6.82. The van der Waals surface area contributed by atoms with Gasteiger partial charge in [-0.3, -0.25) is 9.59 Å². The number of phenols is 2. The Balaban J connectivity index is 1.96. The van der Waals surface area contributed by atoms with E-state index in [-0.39, 0.29) is 35.1 Å². The monoisotopic (exact) mass is 420 g/mol. The van der Waals surface area contributed by atoms with E-state index < -0.39 is 11.9 Å². The van der Waals surface area contributed by atoms with Gasteiger partial charge in [0.1, 0.15) is 11.5 Å². The molecule has 8 heteroatoms. The first-order chi connectivity index (χ1) is 14.7. The first kappa shape index (κ1) is 21.4. The SMILES string of the molecule is CC(=O)Nc1ccc(CN(C(=O)c2ccc(O)cc2O)c2ccc(C(=O)O)cc2)cc1. The van der Waals surface area contributed by atoms with Crippen LogP contribution >= 0.6 is 0 Å². The molecule has 0 aliphatic rings. The summed E-state index contributed by atoms with van der Waals surface area (Å²) in [5.41, 5.74) is 1.82. The molecular formula is C23H20N2O6. The quantitative estimate of drug-likeness (QED) is 0.483. The van der Waals surface area contributed by atoms with Crippen molar-refractivity contribution in [2.45, 2.75) is 13.5 Å². The minimum absolute atomic E-state index is 0.0185. The summed E-state index contributed by atoms with van der Waals surface area (Å²) in [6, 6.07) is 16.3. The van der Waals surface area contributed by atoms with Gasteiger partial charge in [-0.2, -0.15) is 0 Å². The van der Waals surface area contributed by atoms with Gasteiger partial charge < -0.3 is 25.5 Å². The molecule has 4 N–H and O–H groups in total. The molecule has 0 radical (unpaired) electrons. The van der Waals surface area contributed by atoms with Crippen LogP contribution in [0.1, 0.15) is 33.2 Å². The predicted molar refractivity (Wildman–Crippen MR) is 114 cm³/mol. The Labute approximate surface area is 178 Å². The number of carboxylic acid groups (broad SMARTS) is 1. The fraction of sp³-hybridized carbons (Fsp3) is 0.0870. The number of carbonyl (C=O) groups excluding carboxylic acids is 2. The summed E-state index contributed by atoms with van der Waals surface area (Å²) in [5, 5.41) is 31.4. The number of phenolic OH excluding ortho intramolecular Hbond substituents is 2. The average Bonchev–Trinajstić information content (AvgIpc) is 2.72. The number of carboxylic acids is 1. The van der Waals surface area contributed by atoms with Crippen LogP contribution in [0.5, 0.6) is 11.5 Å². The first-order valence-corrected chi connectivity index (χ1v) is 9.28. The van der Waals surface area contributed by atoms with E-state index in [4.69, 9.17) is 5.11 Å². The fourth-order valence-electron chi connectivity index (χ4n) is 2.99. The standard InChI is InChI=1S/C23H20N2O6/c1-14(26)24-17-6-2-15(3-7-17)13-25(18-8-4-16(5-9-18)23(30)31)22(29)20-11-10-19(27)12-21(20)28/h2-12,27-28H,13H2,1H3,(H,24,26)(H,30,31). The molecule has 3 rings (SSSR count). The van der Waals surface area contributed by atoms with Gasteiger partial charge in [0.25, 0.3) is 5.91 Å². The van der Waals surface area contributed by atoms with Gasteiger partial charge in [-0.25, -0.2) is 4.79 Å². The number of carbonyl (C=O) groups is 3. The molecule has 3 aromatic carbocycles. The molecule has 0 atom stereocenters. The number of hydrogen-bond acceptors (Lipinski definition) is 5. The summed E-state index contributed by atoms with van der Waals surface area (Å²) in [7, 11) is 0. The number of amides is 2. The van der Waals surface area contributed by atoms with Gasteiger partial charge in [0.2, 0.25) is 5.91 Å². The maximum Gasteiger partial charge on any atom is 0.335 e. The Kier molecular flexibility index (Phi) is 6.21. The molecule has 0 spiro atoms. The van der Waals surface area contributed by atoms with Gasteiger partial charge in [0.05, 0.1) is 17.7 Å². The highest BCUT2D eigenvalue weighted by molar-refractivity contribution is 6.08. The smallest absolute Gasteiger partial charge is 0.335 e. The zero-order valence-corrected chi connectivity index (χ0v) is 16.6. The van der Waals surface area contributed by atoms with Gasteiger partial charge in [0, 0.05) is 24.4 Å². The van der Waals surface area contributed by atoms with Gasteiger partial charge in [-0.1, -0.05) is 12.1 Å². The van der Waals surface area contributed by atoms with Crippen LogP contribution in [-0.4, -0.2) is 33.1 Å². The Bertz CT molecular complexity index is 1120. The van der Waals surface area contributed by atoms with Gasteiger partial charge in [-0.15, -0.1) is 0 Å². The van der Waals surface area contributed by atoms with Crippen molar-refractivity contribution in [3.8, 4) is 11.5 Å². The number of aromatic carboxylic acids is 1. The number of anilines is 2. The van der Waals surface area contributed by atoms with E-state index in [0.29, 0.717) is 11.4 Å². The van der Waals surface area contributed by atoms with Crippen molar-refractivity contribution in [3.05, 3.63) is 83.4 Å². The van der Waals surface area contributed by atoms with Gasteiger partial charge in [-0.05, 0) is 54.1 Å². The lowest BCUT2D eigenvalue weighted by Crippen LogP contribution is -2.30. The lowest BCUT2D eigenvalue weighted by Gasteiger charge is -2.24. The van der Waals surface area contributed by atoms with Crippen LogP contribution < -0.4 is 10.2 Å². The molecule has 0 saturated heterocycles. The average molecular weight is 420 g/mol. The summed E-state index contributed by atoms with van der Waals surface area (Å²) in [6.07, 6.45) is 0. The normalized spacial score (nSPS) is 10.4. The summed E-state index contributed by atoms with van der Waals surface area (Å²) in [5.74, 6) is -2.38. The predicted octanol–water partition coefficient (Wildman–Crippen LogP) is 3.60. The second-order valence-corrected chi connectivity index (χ2v) is 6.82. The lowest BCUT2D eigenvalue weighted by molar-refractivity contribution is -0.114. The highest BCUT2D eigenvalue weighted by Gasteiger charge is 2.22. The van der Waals surface area contributed by atoms with Crippen LogP contribution in [-0.2, 0) is 11.3 Å². The van der Waals surface area contributed by atoms with E-state index in [1.165, 1.54) is 48.2 Å². The van der Waals surface area contributed by atoms with Crippen LogP contribution in [0.2, 0.25) is 0 Å². The van der Waals surface area contributed by atoms with E-state index >= 15 is 0 Å². The summed E-state index contributed by atoms with van der Waals surface area (Å²) in [6.45, 7) is 1.52. The first-order valence-electron chi connectivity index (χ1n) is 9.28. The Morgan fingerprint density at radius 1 is 0.903 bits per heavy atom. The molecule has 3 aromatic rings. The molecule has 0 aliphatic heterocycles. The number of nitrogens with zero attached hydrogens (tertiary/aromatic N) is 1. The molecule has 0 aromatic heterocycles. The van der Waals surface area contributed by atoms with Crippen LogP contribution in [0, 0.1) is 0 Å². The van der Waals surface area contributed by atoms with E-state index in [0.717, 1.165) is 11.6 Å². The minimum Gasteiger partial charge on any atom is -0.508 e. The van der Waals surface area contributed by atoms with Crippen molar-refractivity contribution < 1.29 is 29.7 Å². The molecule has 2 amide bonds. The number of aromatic hydroxyl groups is 2. The number of nitrogens with one attached hydrogen (secondary N) is 1. The Hall–Kier alpha value is -4.33. The zero-order chi connectivity index (χ0) is 22.5. The Morgan fingerprint density at radius 3 is 2.10 bits per heavy atom. The van der Waals surface area contributed by atoms with Gasteiger partial charge >= 0.3 is 5.97 Å². The Morgan fingerprint density at radius 2 is 1.55 bits per heavy atom. The van der Waals surface area contributed by atoms with Crippen molar-refractivity contribution in [3.63, 3.8) is 0 Å². The highest BCUT2D eigenvalue weighted by atomic mass is 16.4. The number of benzene rings is 3. The number of hydrogen-bond donors (Lipinski definition) is 4. The summed E-state index contributed by atoms with van der Waals surface area (Å²) in [4.78, 5) is 36.9. The van der Waals surface area contributed by atoms with E-state index in [1.807, 2.05) is 0 Å². The highest BCUT2D eigenvalue weighted by Crippen LogP contribution is 2.28. The second kappa shape index (κ2) is 9.00. The van der Waals surface area contributed by atoms with Crippen molar-refractivity contribution >= 4 is 29.2 Å². The largest absolute Gasteiger partial charge is 0.508 e. The molecule has 0 aliphatic carbocycles. The molecule has 0 saturated carbocycles. The van der Waals surface area contributed by atoms with Crippen LogP contribution in [0.15, 0.2) is 66.7 Å². The third-order valence-electron chi connectivity index (χ3n) is 4.50. The molecule has 158 valence electrons. The third kappa shape index (κ3) is 5.18. The van der Waals surface area contributed by atoms with Crippen molar-refractivity contribution in [1.82, 2.24) is 0 Å². The van der Waals surface area contributed by atoms with Gasteiger partial charge in [0.15, 0.2) is 0 Å². The maximum atomic E-state index is 13.2. The molecule has 0 bridgehead atoms. The maximum absolute atomic E-state index is 13.2. The van der Waals surface area contributed by atoms with E-state index in [9.17, 15) is 24.6 Å². The lowest BCUT2D eigenvalue weighted by atomic mass is 10.1. The van der Waals surface area contributed by atoms with Crippen LogP contribution in [0.3, 0.4) is 0 Å². The molecule has 8 nitrogen and oxygen atoms in total.